The molecule has 2 nitrogen and oxygen atoms in total. The molecule has 1 aromatic carbocycles. The van der Waals surface area contributed by atoms with Crippen LogP contribution in [0.15, 0.2) is 18.2 Å². The number of aryl methyl sites for hydroxylation is 1. The molecule has 106 valence electrons. The Labute approximate surface area is 117 Å². The van der Waals surface area contributed by atoms with Gasteiger partial charge in [-0.3, -0.25) is 0 Å². The minimum Gasteiger partial charge on any atom is -0.508 e. The summed E-state index contributed by atoms with van der Waals surface area (Å²) in [5, 5.41) is 12.5. The monoisotopic (exact) mass is 261 g/mol. The van der Waals surface area contributed by atoms with Crippen molar-refractivity contribution in [1.29, 1.82) is 0 Å². The van der Waals surface area contributed by atoms with Crippen LogP contribution in [0, 0.1) is 5.92 Å². The molecule has 0 aliphatic heterocycles. The number of hydrogen-bond acceptors (Lipinski definition) is 2. The van der Waals surface area contributed by atoms with Gasteiger partial charge in [0.25, 0.3) is 0 Å². The van der Waals surface area contributed by atoms with Crippen LogP contribution in [0.2, 0.25) is 0 Å². The molecule has 2 aliphatic rings. The first kappa shape index (κ1) is 14.4. The molecular weight excluding hydrogens is 234 g/mol. The minimum atomic E-state index is 0.444. The third-order valence-electron chi connectivity index (χ3n) is 4.58. The summed E-state index contributed by atoms with van der Waals surface area (Å²) in [6, 6.07) is 5.97. The first-order valence-corrected chi connectivity index (χ1v) is 7.72. The van der Waals surface area contributed by atoms with Crippen LogP contribution in [0.3, 0.4) is 0 Å². The van der Waals surface area contributed by atoms with E-state index in [-0.39, 0.29) is 0 Å². The molecule has 2 N–H and O–H groups in total. The standard InChI is InChI=1S/C14H18O.C3H9N/c15-12-8-7-11-6-5-10-3-1-2-4-13(10)14(11)9-12;1-3-4-2/h7-10,13,15H,1-6H2;4H,3H2,1-2H3. The van der Waals surface area contributed by atoms with E-state index in [0.717, 1.165) is 18.4 Å². The van der Waals surface area contributed by atoms with E-state index >= 15 is 0 Å². The fraction of sp³-hybridized carbons (Fsp3) is 0.647. The van der Waals surface area contributed by atoms with Gasteiger partial charge in [-0.1, -0.05) is 25.8 Å². The van der Waals surface area contributed by atoms with Gasteiger partial charge in [0.2, 0.25) is 0 Å². The van der Waals surface area contributed by atoms with Gasteiger partial charge in [-0.25, -0.2) is 0 Å². The van der Waals surface area contributed by atoms with Crippen molar-refractivity contribution in [3.8, 4) is 5.75 Å². The summed E-state index contributed by atoms with van der Waals surface area (Å²) in [6.45, 7) is 3.14. The minimum absolute atomic E-state index is 0.444. The summed E-state index contributed by atoms with van der Waals surface area (Å²) in [4.78, 5) is 0. The van der Waals surface area contributed by atoms with Gasteiger partial charge in [0.05, 0.1) is 0 Å². The molecule has 1 fully saturated rings. The number of benzene rings is 1. The van der Waals surface area contributed by atoms with Gasteiger partial charge >= 0.3 is 0 Å². The predicted octanol–water partition coefficient (Wildman–Crippen LogP) is 3.84. The lowest BCUT2D eigenvalue weighted by Gasteiger charge is -2.37. The zero-order chi connectivity index (χ0) is 13.7. The van der Waals surface area contributed by atoms with Gasteiger partial charge < -0.3 is 10.4 Å². The molecule has 1 aromatic rings. The maximum Gasteiger partial charge on any atom is 0.115 e. The second-order valence-corrected chi connectivity index (χ2v) is 5.78. The smallest absolute Gasteiger partial charge is 0.115 e. The molecule has 2 unspecified atom stereocenters. The highest BCUT2D eigenvalue weighted by Gasteiger charge is 2.31. The first-order valence-electron chi connectivity index (χ1n) is 7.72. The fourth-order valence-corrected chi connectivity index (χ4v) is 3.46. The summed E-state index contributed by atoms with van der Waals surface area (Å²) in [7, 11) is 1.93. The number of nitrogens with one attached hydrogen (secondary N) is 1. The average molecular weight is 261 g/mol. The summed E-state index contributed by atoms with van der Waals surface area (Å²) >= 11 is 0. The predicted molar refractivity (Wildman–Crippen MR) is 80.7 cm³/mol. The van der Waals surface area contributed by atoms with Crippen LogP contribution in [0.25, 0.3) is 0 Å². The molecule has 2 aliphatic carbocycles. The molecule has 0 heterocycles. The second kappa shape index (κ2) is 6.95. The number of phenols is 1. The zero-order valence-corrected chi connectivity index (χ0v) is 12.3. The van der Waals surface area contributed by atoms with E-state index in [4.69, 9.17) is 0 Å². The van der Waals surface area contributed by atoms with Gasteiger partial charge in [0.1, 0.15) is 5.75 Å². The van der Waals surface area contributed by atoms with Crippen molar-refractivity contribution in [2.24, 2.45) is 5.92 Å². The number of phenolic OH excluding ortho intramolecular Hbond substituents is 1. The summed E-state index contributed by atoms with van der Waals surface area (Å²) < 4.78 is 0. The van der Waals surface area contributed by atoms with Crippen LogP contribution < -0.4 is 5.32 Å². The van der Waals surface area contributed by atoms with Gasteiger partial charge in [0.15, 0.2) is 0 Å². The molecule has 3 rings (SSSR count). The molecule has 0 aromatic heterocycles. The number of hydrogen-bond donors (Lipinski definition) is 2. The van der Waals surface area contributed by atoms with Crippen molar-refractivity contribution in [2.75, 3.05) is 13.6 Å². The molecule has 19 heavy (non-hydrogen) atoms. The van der Waals surface area contributed by atoms with E-state index < -0.39 is 0 Å². The van der Waals surface area contributed by atoms with E-state index in [1.54, 1.807) is 0 Å². The normalized spacial score (nSPS) is 24.7. The van der Waals surface area contributed by atoms with Crippen LogP contribution in [0.5, 0.6) is 5.75 Å². The lowest BCUT2D eigenvalue weighted by molar-refractivity contribution is 0.275. The second-order valence-electron chi connectivity index (χ2n) is 5.78. The quantitative estimate of drug-likeness (QED) is 0.805. The summed E-state index contributed by atoms with van der Waals surface area (Å²) in [5.74, 6) is 2.09. The third-order valence-corrected chi connectivity index (χ3v) is 4.58. The maximum absolute atomic E-state index is 9.58. The molecule has 1 saturated carbocycles. The maximum atomic E-state index is 9.58. The van der Waals surface area contributed by atoms with Crippen molar-refractivity contribution < 1.29 is 5.11 Å². The molecule has 0 spiro atoms. The SMILES string of the molecule is CCNC.Oc1ccc2c(c1)C1CCCCC1CC2. The highest BCUT2D eigenvalue weighted by atomic mass is 16.3. The fourth-order valence-electron chi connectivity index (χ4n) is 3.46. The Morgan fingerprint density at radius 3 is 2.68 bits per heavy atom. The zero-order valence-electron chi connectivity index (χ0n) is 12.3. The largest absolute Gasteiger partial charge is 0.508 e. The lowest BCUT2D eigenvalue weighted by atomic mass is 9.68. The van der Waals surface area contributed by atoms with E-state index in [1.807, 2.05) is 19.2 Å². The molecule has 0 bridgehead atoms. The van der Waals surface area contributed by atoms with Gasteiger partial charge in [-0.05, 0) is 74.4 Å². The van der Waals surface area contributed by atoms with Gasteiger partial charge in [-0.2, -0.15) is 0 Å². The Morgan fingerprint density at radius 1 is 1.21 bits per heavy atom. The van der Waals surface area contributed by atoms with Crippen LogP contribution >= 0.6 is 0 Å². The Hall–Kier alpha value is -1.02. The Balaban J connectivity index is 0.000000297. The Kier molecular flexibility index (Phi) is 5.26. The van der Waals surface area contributed by atoms with Crippen LogP contribution in [-0.2, 0) is 6.42 Å². The molecular formula is C17H27NO. The van der Waals surface area contributed by atoms with Crippen LogP contribution in [0.1, 0.15) is 56.1 Å². The van der Waals surface area contributed by atoms with Gasteiger partial charge in [0, 0.05) is 0 Å². The molecule has 2 heteroatoms. The Bertz CT molecular complexity index is 400. The first-order chi connectivity index (χ1) is 9.26. The third kappa shape index (κ3) is 3.50. The van der Waals surface area contributed by atoms with Crippen molar-refractivity contribution >= 4 is 0 Å². The number of aromatic hydroxyl groups is 1. The van der Waals surface area contributed by atoms with E-state index in [9.17, 15) is 5.11 Å². The topological polar surface area (TPSA) is 32.3 Å². The highest BCUT2D eigenvalue weighted by Crippen LogP contribution is 2.45. The number of rotatable bonds is 1. The van der Waals surface area contributed by atoms with Crippen LogP contribution in [0.4, 0.5) is 0 Å². The van der Waals surface area contributed by atoms with Crippen molar-refractivity contribution in [2.45, 2.75) is 51.4 Å². The van der Waals surface area contributed by atoms with Crippen LogP contribution in [-0.4, -0.2) is 18.7 Å². The highest BCUT2D eigenvalue weighted by molar-refractivity contribution is 5.39. The molecule has 0 saturated heterocycles. The van der Waals surface area contributed by atoms with E-state index in [1.165, 1.54) is 49.7 Å². The molecule has 2 atom stereocenters. The molecule has 0 radical (unpaired) electrons. The average Bonchev–Trinajstić information content (AvgIpc) is 2.47. The summed E-state index contributed by atoms with van der Waals surface area (Å²) in [5.41, 5.74) is 2.93. The number of fused-ring (bicyclic) bond motifs is 3. The van der Waals surface area contributed by atoms with E-state index in [0.29, 0.717) is 5.75 Å². The van der Waals surface area contributed by atoms with Crippen molar-refractivity contribution in [3.63, 3.8) is 0 Å². The van der Waals surface area contributed by atoms with Crippen molar-refractivity contribution in [3.05, 3.63) is 29.3 Å². The van der Waals surface area contributed by atoms with E-state index in [2.05, 4.69) is 18.3 Å². The van der Waals surface area contributed by atoms with Crippen molar-refractivity contribution in [1.82, 2.24) is 5.32 Å². The summed E-state index contributed by atoms with van der Waals surface area (Å²) in [6.07, 6.45) is 8.10. The lowest BCUT2D eigenvalue weighted by Crippen LogP contribution is -2.23. The molecule has 0 amide bonds. The van der Waals surface area contributed by atoms with Gasteiger partial charge in [-0.15, -0.1) is 0 Å². The Morgan fingerprint density at radius 2 is 1.95 bits per heavy atom.